The third kappa shape index (κ3) is 18.9. The second-order valence-corrected chi connectivity index (χ2v) is 9.95. The quantitative estimate of drug-likeness (QED) is 0.173. The molecule has 1 fully saturated rings. The van der Waals surface area contributed by atoms with E-state index in [-0.39, 0.29) is 49.3 Å². The molecule has 1 atom stereocenters. The van der Waals surface area contributed by atoms with Gasteiger partial charge in [-0.25, -0.2) is 0 Å². The van der Waals surface area contributed by atoms with E-state index in [4.69, 9.17) is 9.47 Å². The summed E-state index contributed by atoms with van der Waals surface area (Å²) in [6.45, 7) is 15.0. The van der Waals surface area contributed by atoms with E-state index in [2.05, 4.69) is 49.7 Å². The first-order valence-corrected chi connectivity index (χ1v) is 12.3. The number of likely N-dealkylation sites (N-methyl/N-ethyl adjacent to an activating group) is 1. The van der Waals surface area contributed by atoms with Gasteiger partial charge in [0, 0.05) is 17.1 Å². The average molecular weight is 466 g/mol. The SMILES string of the molecule is C/C=C(/[O-])OC(C)(C)C.C[NH+](C)CCOCC[NH2+][C@@H](C[NH+]1CCCCC1)c1ccccc1.[Li+].[Li+]. The summed E-state index contributed by atoms with van der Waals surface area (Å²) < 4.78 is 10.7. The minimum atomic E-state index is -0.358. The van der Waals surface area contributed by atoms with E-state index >= 15 is 0 Å². The van der Waals surface area contributed by atoms with E-state index in [9.17, 15) is 5.11 Å². The molecular formula is C26H49Li2N3O3+4. The number of quaternary nitrogens is 3. The topological polar surface area (TPSA) is 67.0 Å². The number of hydrogen-bond acceptors (Lipinski definition) is 3. The van der Waals surface area contributed by atoms with Crippen LogP contribution in [0.25, 0.3) is 0 Å². The van der Waals surface area contributed by atoms with Crippen LogP contribution in [0.5, 0.6) is 0 Å². The summed E-state index contributed by atoms with van der Waals surface area (Å²) in [4.78, 5) is 3.23. The Balaban J connectivity index is 0. The molecule has 0 unspecified atom stereocenters. The predicted molar refractivity (Wildman–Crippen MR) is 128 cm³/mol. The normalized spacial score (nSPS) is 15.4. The summed E-state index contributed by atoms with van der Waals surface area (Å²) in [5, 5.41) is 13.0. The zero-order valence-electron chi connectivity index (χ0n) is 23.4. The summed E-state index contributed by atoms with van der Waals surface area (Å²) in [6.07, 6.45) is 5.62. The molecule has 1 aliphatic heterocycles. The van der Waals surface area contributed by atoms with E-state index in [0.29, 0.717) is 6.04 Å². The van der Waals surface area contributed by atoms with Crippen LogP contribution in [0.1, 0.15) is 58.6 Å². The van der Waals surface area contributed by atoms with Gasteiger partial charge in [-0.05, 0) is 26.2 Å². The number of rotatable bonds is 11. The van der Waals surface area contributed by atoms with Gasteiger partial charge in [0.1, 0.15) is 13.1 Å². The minimum absolute atomic E-state index is 0. The summed E-state index contributed by atoms with van der Waals surface area (Å²) >= 11 is 0. The standard InChI is InChI=1S/C19H33N3O.C7H14O2.2Li/c1-21(2)14-16-23-15-11-20-19(18-9-5-3-6-10-18)17-22-12-7-4-8-13-22;1-5-6(8)9-7(2,3)4;;/h3,5-6,9-10,19-20H,4,7-8,11-17H2,1-2H3;5,8H,1-4H3;;/q;;2*+1/p+2/b;6-5-;;/t19-;;;/m0.../s1. The molecule has 0 aromatic heterocycles. The maximum absolute atomic E-state index is 10.5. The van der Waals surface area contributed by atoms with Crippen LogP contribution >= 0.6 is 0 Å². The number of piperidine rings is 1. The van der Waals surface area contributed by atoms with E-state index in [1.165, 1.54) is 55.4 Å². The van der Waals surface area contributed by atoms with E-state index in [1.54, 1.807) is 11.8 Å². The van der Waals surface area contributed by atoms with Crippen molar-refractivity contribution in [3.63, 3.8) is 0 Å². The second-order valence-electron chi connectivity index (χ2n) is 9.95. The Labute approximate surface area is 233 Å². The molecule has 1 heterocycles. The molecule has 6 nitrogen and oxygen atoms in total. The van der Waals surface area contributed by atoms with Crippen molar-refractivity contribution in [2.24, 2.45) is 0 Å². The smallest absolute Gasteiger partial charge is 0.608 e. The Hall–Kier alpha value is -0.405. The first-order valence-electron chi connectivity index (χ1n) is 12.3. The Bertz CT molecular complexity index is 619. The molecule has 34 heavy (non-hydrogen) atoms. The fourth-order valence-corrected chi connectivity index (χ4v) is 3.70. The van der Waals surface area contributed by atoms with Crippen LogP contribution in [0.4, 0.5) is 0 Å². The molecular weight excluding hydrogens is 416 g/mol. The number of likely N-dealkylation sites (tertiary alicyclic amines) is 1. The van der Waals surface area contributed by atoms with Gasteiger partial charge >= 0.3 is 37.7 Å². The van der Waals surface area contributed by atoms with Gasteiger partial charge in [-0.2, -0.15) is 0 Å². The van der Waals surface area contributed by atoms with Gasteiger partial charge in [0.25, 0.3) is 0 Å². The molecule has 0 aliphatic carbocycles. The summed E-state index contributed by atoms with van der Waals surface area (Å²) in [7, 11) is 4.34. The van der Waals surface area contributed by atoms with Gasteiger partial charge in [-0.15, -0.1) is 0 Å². The van der Waals surface area contributed by atoms with Gasteiger partial charge < -0.3 is 29.7 Å². The summed E-state index contributed by atoms with van der Waals surface area (Å²) in [5.74, 6) is -0.262. The summed E-state index contributed by atoms with van der Waals surface area (Å²) in [6, 6.07) is 11.6. The van der Waals surface area contributed by atoms with Crippen molar-refractivity contribution >= 4 is 0 Å². The van der Waals surface area contributed by atoms with Crippen LogP contribution in [0.15, 0.2) is 42.4 Å². The molecule has 184 valence electrons. The van der Waals surface area contributed by atoms with E-state index in [1.807, 2.05) is 20.8 Å². The third-order valence-corrected chi connectivity index (χ3v) is 5.40. The Morgan fingerprint density at radius 1 is 1.09 bits per heavy atom. The van der Waals surface area contributed by atoms with Crippen LogP contribution < -0.4 is 57.9 Å². The first kappa shape index (κ1) is 35.8. The number of nitrogens with two attached hydrogens (primary N) is 1. The second kappa shape index (κ2) is 20.8. The average Bonchev–Trinajstić information content (AvgIpc) is 2.75. The number of nitrogens with one attached hydrogen (secondary N) is 2. The van der Waals surface area contributed by atoms with Crippen molar-refractivity contribution < 1.29 is 67.4 Å². The Morgan fingerprint density at radius 2 is 1.71 bits per heavy atom. The zero-order chi connectivity index (χ0) is 23.8. The van der Waals surface area contributed by atoms with E-state index < -0.39 is 0 Å². The van der Waals surface area contributed by atoms with Gasteiger partial charge in [0.15, 0.2) is 6.04 Å². The Morgan fingerprint density at radius 3 is 2.21 bits per heavy atom. The van der Waals surface area contributed by atoms with Crippen molar-refractivity contribution in [2.75, 3.05) is 60.0 Å². The molecule has 0 radical (unpaired) electrons. The maximum Gasteiger partial charge on any atom is 1.00 e. The van der Waals surface area contributed by atoms with Crippen molar-refractivity contribution in [3.05, 3.63) is 47.9 Å². The molecule has 1 saturated heterocycles. The maximum atomic E-state index is 10.5. The molecule has 0 spiro atoms. The molecule has 4 N–H and O–H groups in total. The first-order chi connectivity index (χ1) is 15.2. The molecule has 0 bridgehead atoms. The van der Waals surface area contributed by atoms with Gasteiger partial charge in [-0.1, -0.05) is 57.2 Å². The Kier molecular flexibility index (Phi) is 21.8. The molecule has 0 saturated carbocycles. The van der Waals surface area contributed by atoms with E-state index in [0.717, 1.165) is 26.3 Å². The minimum Gasteiger partial charge on any atom is -0.608 e. The van der Waals surface area contributed by atoms with Crippen LogP contribution in [-0.2, 0) is 9.47 Å². The number of benzene rings is 1. The van der Waals surface area contributed by atoms with Crippen molar-refractivity contribution in [1.82, 2.24) is 0 Å². The van der Waals surface area contributed by atoms with Crippen LogP contribution in [0.2, 0.25) is 0 Å². The zero-order valence-corrected chi connectivity index (χ0v) is 23.4. The largest absolute Gasteiger partial charge is 1.00 e. The fourth-order valence-electron chi connectivity index (χ4n) is 3.70. The van der Waals surface area contributed by atoms with Crippen LogP contribution in [0, 0.1) is 0 Å². The van der Waals surface area contributed by atoms with Crippen molar-refractivity contribution in [2.45, 2.75) is 58.6 Å². The van der Waals surface area contributed by atoms with Crippen molar-refractivity contribution in [1.29, 1.82) is 0 Å². The van der Waals surface area contributed by atoms with Crippen molar-refractivity contribution in [3.8, 4) is 0 Å². The number of ether oxygens (including phenoxy) is 2. The molecule has 8 heteroatoms. The molecule has 1 aromatic rings. The number of allylic oxidation sites excluding steroid dienone is 1. The fraction of sp³-hybridized carbons (Fsp3) is 0.692. The summed E-state index contributed by atoms with van der Waals surface area (Å²) in [5.41, 5.74) is 1.10. The van der Waals surface area contributed by atoms with Gasteiger partial charge in [-0.3, -0.25) is 0 Å². The monoisotopic (exact) mass is 465 g/mol. The predicted octanol–water partition coefficient (Wildman–Crippen LogP) is -6.45. The number of hydrogen-bond donors (Lipinski definition) is 3. The molecule has 2 rings (SSSR count). The van der Waals surface area contributed by atoms with Gasteiger partial charge in [0.2, 0.25) is 0 Å². The van der Waals surface area contributed by atoms with Crippen LogP contribution in [-0.4, -0.2) is 65.6 Å². The molecule has 1 aliphatic rings. The third-order valence-electron chi connectivity index (χ3n) is 5.40. The molecule has 1 aromatic carbocycles. The molecule has 0 amide bonds. The van der Waals surface area contributed by atoms with Gasteiger partial charge in [0.05, 0.1) is 46.9 Å². The van der Waals surface area contributed by atoms with Crippen LogP contribution in [0.3, 0.4) is 0 Å².